The highest BCUT2D eigenvalue weighted by Gasteiger charge is 2.48. The van der Waals surface area contributed by atoms with Gasteiger partial charge in [0.15, 0.2) is 5.60 Å². The molecule has 1 amide bonds. The number of amides is 1. The number of carboxylic acids is 2. The van der Waals surface area contributed by atoms with Crippen LogP contribution in [0.4, 0.5) is 5.69 Å². The van der Waals surface area contributed by atoms with Crippen LogP contribution in [-0.4, -0.2) is 49.0 Å². The molecule has 1 heterocycles. The largest absolute Gasteiger partial charge is 0.543 e. The summed E-state index contributed by atoms with van der Waals surface area (Å²) < 4.78 is 6.22. The Balaban J connectivity index is 0.000000569. The van der Waals surface area contributed by atoms with Gasteiger partial charge in [-0.2, -0.15) is 0 Å². The van der Waals surface area contributed by atoms with E-state index in [4.69, 9.17) is 24.5 Å². The summed E-state index contributed by atoms with van der Waals surface area (Å²) in [6, 6.07) is 18.1. The number of rotatable bonds is 9. The number of benzene rings is 2. The van der Waals surface area contributed by atoms with Gasteiger partial charge in [-0.25, -0.2) is 0 Å². The quantitative estimate of drug-likeness (QED) is 0.404. The second kappa shape index (κ2) is 12.1. The van der Waals surface area contributed by atoms with Gasteiger partial charge in [-0.1, -0.05) is 62.4 Å². The van der Waals surface area contributed by atoms with Crippen molar-refractivity contribution in [2.45, 2.75) is 39.3 Å². The molecule has 0 fully saturated rings. The number of hydrogen-bond donors (Lipinski definition) is 0. The predicted octanol–water partition coefficient (Wildman–Crippen LogP) is 0.683. The molecule has 0 aromatic heterocycles. The van der Waals surface area contributed by atoms with Crippen molar-refractivity contribution in [2.75, 3.05) is 31.1 Å². The molecule has 2 aromatic rings. The third-order valence-electron chi connectivity index (χ3n) is 5.62. The van der Waals surface area contributed by atoms with E-state index in [9.17, 15) is 4.79 Å². The number of nitrogens with zero attached hydrogens (tertiary/aromatic N) is 2. The molecule has 0 bridgehead atoms. The topological polar surface area (TPSA) is 113 Å². The summed E-state index contributed by atoms with van der Waals surface area (Å²) in [5.74, 6) is -4.35. The van der Waals surface area contributed by atoms with Gasteiger partial charge in [0.25, 0.3) is 5.91 Å². The van der Waals surface area contributed by atoms with E-state index in [-0.39, 0.29) is 5.91 Å². The van der Waals surface area contributed by atoms with Crippen molar-refractivity contribution in [3.05, 3.63) is 65.7 Å². The summed E-state index contributed by atoms with van der Waals surface area (Å²) in [5, 5.41) is 17.9. The van der Waals surface area contributed by atoms with E-state index in [0.717, 1.165) is 42.9 Å². The average Bonchev–Trinajstić information content (AvgIpc) is 3.02. The maximum Gasteiger partial charge on any atom is 0.263 e. The van der Waals surface area contributed by atoms with Crippen LogP contribution in [0.1, 0.15) is 38.3 Å². The van der Waals surface area contributed by atoms with Crippen LogP contribution in [0.5, 0.6) is 0 Å². The molecule has 0 saturated heterocycles. The van der Waals surface area contributed by atoms with E-state index < -0.39 is 17.5 Å². The zero-order valence-electron chi connectivity index (χ0n) is 19.3. The van der Waals surface area contributed by atoms with Gasteiger partial charge in [0.2, 0.25) is 0 Å². The Labute approximate surface area is 194 Å². The maximum absolute atomic E-state index is 13.3. The van der Waals surface area contributed by atoms with E-state index in [2.05, 4.69) is 30.9 Å². The summed E-state index contributed by atoms with van der Waals surface area (Å²) in [7, 11) is 0. The second-order valence-electron chi connectivity index (χ2n) is 7.73. The molecule has 8 nitrogen and oxygen atoms in total. The van der Waals surface area contributed by atoms with Gasteiger partial charge in [-0.15, -0.1) is 0 Å². The molecule has 3 rings (SSSR count). The van der Waals surface area contributed by atoms with E-state index in [1.807, 2.05) is 54.3 Å². The fourth-order valence-electron chi connectivity index (χ4n) is 3.76. The third-order valence-corrected chi connectivity index (χ3v) is 5.62. The first kappa shape index (κ1) is 26.0. The molecule has 2 aromatic carbocycles. The maximum atomic E-state index is 13.3. The van der Waals surface area contributed by atoms with Crippen molar-refractivity contribution in [2.24, 2.45) is 0 Å². The number of aliphatic carboxylic acids is 2. The molecule has 8 heteroatoms. The van der Waals surface area contributed by atoms with Gasteiger partial charge < -0.3 is 34.3 Å². The monoisotopic (exact) mass is 454 g/mol. The minimum absolute atomic E-state index is 0.0235. The number of hydrogen-bond acceptors (Lipinski definition) is 7. The van der Waals surface area contributed by atoms with Gasteiger partial charge in [0.1, 0.15) is 0 Å². The van der Waals surface area contributed by atoms with Crippen LogP contribution in [-0.2, 0) is 31.3 Å². The minimum Gasteiger partial charge on any atom is -0.543 e. The van der Waals surface area contributed by atoms with Gasteiger partial charge in [0, 0.05) is 18.7 Å². The van der Waals surface area contributed by atoms with Crippen molar-refractivity contribution < 1.29 is 29.3 Å². The average molecular weight is 455 g/mol. The fourth-order valence-corrected chi connectivity index (χ4v) is 3.76. The third kappa shape index (κ3) is 6.63. The molecule has 0 spiro atoms. The minimum atomic E-state index is -2.19. The summed E-state index contributed by atoms with van der Waals surface area (Å²) in [6.45, 7) is 10.5. The Kier molecular flexibility index (Phi) is 9.57. The molecule has 1 unspecified atom stereocenters. The van der Waals surface area contributed by atoms with Crippen LogP contribution >= 0.6 is 0 Å². The van der Waals surface area contributed by atoms with Crippen LogP contribution in [0.25, 0.3) is 0 Å². The molecule has 1 aliphatic heterocycles. The smallest absolute Gasteiger partial charge is 0.263 e. The highest BCUT2D eigenvalue weighted by atomic mass is 16.5. The Bertz CT molecular complexity index is 933. The Morgan fingerprint density at radius 1 is 0.970 bits per heavy atom. The molecule has 178 valence electrons. The fraction of sp³-hybridized carbons (Fsp3) is 0.400. The molecular weight excluding hydrogens is 424 g/mol. The molecule has 0 N–H and O–H groups in total. The Morgan fingerprint density at radius 3 is 2.12 bits per heavy atom. The lowest BCUT2D eigenvalue weighted by molar-refractivity contribution is -0.345. The molecule has 0 aliphatic carbocycles. The van der Waals surface area contributed by atoms with Gasteiger partial charge in [0.05, 0.1) is 24.2 Å². The van der Waals surface area contributed by atoms with Gasteiger partial charge in [-0.05, 0) is 38.1 Å². The van der Waals surface area contributed by atoms with E-state index in [1.54, 1.807) is 0 Å². The lowest BCUT2D eigenvalue weighted by atomic mass is 9.97. The number of carbonyl (C=O) groups is 3. The van der Waals surface area contributed by atoms with Crippen molar-refractivity contribution in [3.63, 3.8) is 0 Å². The summed E-state index contributed by atoms with van der Waals surface area (Å²) in [5.41, 5.74) is 2.13. The van der Waals surface area contributed by atoms with Gasteiger partial charge >= 0.3 is 0 Å². The number of carbonyl (C=O) groups excluding carboxylic acids is 3. The zero-order chi connectivity index (χ0) is 24.4. The molecule has 1 atom stereocenters. The summed E-state index contributed by atoms with van der Waals surface area (Å²) >= 11 is 0. The number of para-hydroxylation sites is 1. The number of fused-ring (bicyclic) bond motifs is 1. The Morgan fingerprint density at radius 2 is 1.55 bits per heavy atom. The Hall–Kier alpha value is -3.23. The molecule has 33 heavy (non-hydrogen) atoms. The number of anilines is 1. The van der Waals surface area contributed by atoms with Crippen LogP contribution in [0, 0.1) is 0 Å². The molecule has 1 aliphatic rings. The molecule has 0 saturated carbocycles. The van der Waals surface area contributed by atoms with Crippen molar-refractivity contribution in [3.8, 4) is 0 Å². The summed E-state index contributed by atoms with van der Waals surface area (Å²) in [4.78, 5) is 35.4. The standard InChI is InChI=1S/C23H30N2O2.C2H2O4/c1-4-24(5-2)16-11-17-27-23(3)20-14-9-10-15-21(20)25(22(23)26)18-19-12-7-6-8-13-19;3-1(4)2(5)6/h6-10,12-15H,4-5,11,16-18H2,1-3H3;(H,3,4)(H,5,6)/p-2. The van der Waals surface area contributed by atoms with E-state index >= 15 is 0 Å². The normalized spacial score (nSPS) is 16.8. The number of carboxylic acid groups (broad SMARTS) is 2. The van der Waals surface area contributed by atoms with Crippen molar-refractivity contribution in [1.29, 1.82) is 0 Å². The number of ether oxygens (including phenoxy) is 1. The first-order valence-electron chi connectivity index (χ1n) is 11.0. The van der Waals surface area contributed by atoms with Crippen molar-refractivity contribution >= 4 is 23.5 Å². The molecule has 0 radical (unpaired) electrons. The zero-order valence-corrected chi connectivity index (χ0v) is 19.3. The molecular formula is C25H30N2O6-2. The first-order valence-corrected chi connectivity index (χ1v) is 11.0. The first-order chi connectivity index (χ1) is 15.7. The second-order valence-corrected chi connectivity index (χ2v) is 7.73. The van der Waals surface area contributed by atoms with E-state index in [1.165, 1.54) is 0 Å². The lowest BCUT2D eigenvalue weighted by Crippen LogP contribution is -2.42. The van der Waals surface area contributed by atoms with Crippen LogP contribution in [0.2, 0.25) is 0 Å². The van der Waals surface area contributed by atoms with Crippen LogP contribution in [0.15, 0.2) is 54.6 Å². The lowest BCUT2D eigenvalue weighted by Gasteiger charge is -2.26. The van der Waals surface area contributed by atoms with Crippen LogP contribution in [0.3, 0.4) is 0 Å². The van der Waals surface area contributed by atoms with Gasteiger partial charge in [-0.3, -0.25) is 4.79 Å². The summed E-state index contributed by atoms with van der Waals surface area (Å²) in [6.07, 6.45) is 0.922. The highest BCUT2D eigenvalue weighted by Crippen LogP contribution is 2.43. The highest BCUT2D eigenvalue weighted by molar-refractivity contribution is 6.25. The van der Waals surface area contributed by atoms with Crippen molar-refractivity contribution in [1.82, 2.24) is 4.90 Å². The SMILES string of the molecule is CCN(CC)CCCOC1(C)C(=O)N(Cc2ccccc2)c2ccccc21.O=C([O-])C(=O)[O-]. The predicted molar refractivity (Wildman–Crippen MR) is 120 cm³/mol. The van der Waals surface area contributed by atoms with Crippen LogP contribution < -0.4 is 15.1 Å². The van der Waals surface area contributed by atoms with E-state index in [0.29, 0.717) is 13.2 Å².